The number of benzene rings is 2. The highest BCUT2D eigenvalue weighted by atomic mass is 16.5. The van der Waals surface area contributed by atoms with Crippen LogP contribution in [0.25, 0.3) is 11.0 Å². The maximum Gasteiger partial charge on any atom is 0.168 e. The second kappa shape index (κ2) is 11.1. The Hall–Kier alpha value is -3.51. The second-order valence-corrected chi connectivity index (χ2v) is 8.69. The summed E-state index contributed by atoms with van der Waals surface area (Å²) in [5.74, 6) is 1.25. The summed E-state index contributed by atoms with van der Waals surface area (Å²) in [6.45, 7) is 8.06. The van der Waals surface area contributed by atoms with Crippen LogP contribution in [-0.2, 0) is 24.5 Å². The Morgan fingerprint density at radius 1 is 1.00 bits per heavy atom. The molecule has 0 spiro atoms. The van der Waals surface area contributed by atoms with Crippen LogP contribution in [0.1, 0.15) is 60.3 Å². The summed E-state index contributed by atoms with van der Waals surface area (Å²) < 4.78 is 13.5. The fraction of sp³-hybridized carbons (Fsp3) is 0.321. The van der Waals surface area contributed by atoms with Gasteiger partial charge in [-0.2, -0.15) is 0 Å². The Balaban J connectivity index is 1.37. The maximum atomic E-state index is 12.9. The van der Waals surface area contributed by atoms with E-state index in [9.17, 15) is 4.79 Å². The molecule has 0 bridgehead atoms. The van der Waals surface area contributed by atoms with Crippen molar-refractivity contribution in [1.29, 1.82) is 0 Å². The van der Waals surface area contributed by atoms with E-state index in [1.54, 1.807) is 0 Å². The number of rotatable bonds is 11. The number of nitrogens with zero attached hydrogens (tertiary/aromatic N) is 3. The number of Topliss-reactive ketones (excluding diaryl/α,β-unsaturated/α-hetero) is 1. The highest BCUT2D eigenvalue weighted by Crippen LogP contribution is 2.20. The van der Waals surface area contributed by atoms with Gasteiger partial charge in [0.25, 0.3) is 0 Å². The van der Waals surface area contributed by atoms with Crippen LogP contribution in [0.3, 0.4) is 0 Å². The van der Waals surface area contributed by atoms with Crippen LogP contribution in [0.15, 0.2) is 67.1 Å². The number of fused-ring (bicyclic) bond motifs is 1. The van der Waals surface area contributed by atoms with Crippen molar-refractivity contribution in [1.82, 2.24) is 14.5 Å². The van der Waals surface area contributed by atoms with Crippen molar-refractivity contribution < 1.29 is 14.3 Å². The molecule has 2 heterocycles. The molecule has 2 aromatic carbocycles. The van der Waals surface area contributed by atoms with Gasteiger partial charge in [0.1, 0.15) is 31.1 Å². The third-order valence-corrected chi connectivity index (χ3v) is 5.77. The zero-order valence-corrected chi connectivity index (χ0v) is 20.0. The third kappa shape index (κ3) is 5.69. The van der Waals surface area contributed by atoms with E-state index in [4.69, 9.17) is 9.47 Å². The summed E-state index contributed by atoms with van der Waals surface area (Å²) >= 11 is 0. The average Bonchev–Trinajstić information content (AvgIpc) is 3.27. The minimum atomic E-state index is 0.00538. The van der Waals surface area contributed by atoms with E-state index in [1.807, 2.05) is 41.1 Å². The number of hydrogen-bond acceptors (Lipinski definition) is 5. The van der Waals surface area contributed by atoms with Gasteiger partial charge in [0.05, 0.1) is 12.1 Å². The largest absolute Gasteiger partial charge is 0.489 e. The molecule has 0 aliphatic heterocycles. The lowest BCUT2D eigenvalue weighted by Crippen LogP contribution is -2.07. The van der Waals surface area contributed by atoms with Crippen LogP contribution in [0, 0.1) is 0 Å². The van der Waals surface area contributed by atoms with Gasteiger partial charge < -0.3 is 14.0 Å². The van der Waals surface area contributed by atoms with Crippen LogP contribution < -0.4 is 4.74 Å². The molecule has 6 heteroatoms. The van der Waals surface area contributed by atoms with Crippen molar-refractivity contribution in [2.45, 2.75) is 52.9 Å². The molecule has 6 nitrogen and oxygen atoms in total. The van der Waals surface area contributed by atoms with Crippen molar-refractivity contribution in [3.05, 3.63) is 89.5 Å². The van der Waals surface area contributed by atoms with E-state index in [1.165, 1.54) is 11.9 Å². The Kier molecular flexibility index (Phi) is 7.70. The molecule has 0 saturated heterocycles. The summed E-state index contributed by atoms with van der Waals surface area (Å²) in [6, 6.07) is 17.7. The smallest absolute Gasteiger partial charge is 0.168 e. The first-order valence-corrected chi connectivity index (χ1v) is 11.8. The summed E-state index contributed by atoms with van der Waals surface area (Å²) in [5, 5.41) is 0.874. The fourth-order valence-corrected chi connectivity index (χ4v) is 3.77. The van der Waals surface area contributed by atoms with Crippen molar-refractivity contribution in [2.75, 3.05) is 6.61 Å². The second-order valence-electron chi connectivity index (χ2n) is 8.69. The number of ether oxygens (including phenoxy) is 2. The Morgan fingerprint density at radius 3 is 2.47 bits per heavy atom. The molecule has 0 N–H and O–H groups in total. The van der Waals surface area contributed by atoms with Gasteiger partial charge in [0.2, 0.25) is 0 Å². The first kappa shape index (κ1) is 23.6. The van der Waals surface area contributed by atoms with E-state index in [-0.39, 0.29) is 12.2 Å². The maximum absolute atomic E-state index is 12.9. The molecule has 0 saturated carbocycles. The molecule has 0 radical (unpaired) electrons. The molecule has 0 fully saturated rings. The normalized spacial score (nSPS) is 11.3. The highest BCUT2D eigenvalue weighted by Gasteiger charge is 2.14. The van der Waals surface area contributed by atoms with Crippen LogP contribution in [0.4, 0.5) is 0 Å². The SMILES string of the molecule is CCCOCn1ccc2c(CC(=O)c3ccc(OCc4ccc(C(C)C)cc4)cc3)ncnc21. The van der Waals surface area contributed by atoms with Crippen LogP contribution in [-0.4, -0.2) is 26.9 Å². The van der Waals surface area contributed by atoms with Crippen LogP contribution in [0.5, 0.6) is 5.75 Å². The lowest BCUT2D eigenvalue weighted by Gasteiger charge is -2.09. The van der Waals surface area contributed by atoms with E-state index in [0.29, 0.717) is 31.4 Å². The number of carbonyl (C=O) groups is 1. The number of ketones is 1. The summed E-state index contributed by atoms with van der Waals surface area (Å²) in [6.07, 6.45) is 4.60. The van der Waals surface area contributed by atoms with Crippen molar-refractivity contribution >= 4 is 16.8 Å². The topological polar surface area (TPSA) is 66.2 Å². The molecule has 0 aliphatic rings. The molecule has 176 valence electrons. The predicted molar refractivity (Wildman–Crippen MR) is 133 cm³/mol. The van der Waals surface area contributed by atoms with E-state index < -0.39 is 0 Å². The van der Waals surface area contributed by atoms with E-state index in [0.717, 1.165) is 34.5 Å². The molecular weight excluding hydrogens is 426 g/mol. The predicted octanol–water partition coefficient (Wildman–Crippen LogP) is 5.94. The van der Waals surface area contributed by atoms with Crippen molar-refractivity contribution in [3.8, 4) is 5.75 Å². The molecule has 0 atom stereocenters. The molecule has 4 rings (SSSR count). The fourth-order valence-electron chi connectivity index (χ4n) is 3.77. The van der Waals surface area contributed by atoms with Gasteiger partial charge in [-0.1, -0.05) is 45.0 Å². The minimum absolute atomic E-state index is 0.00538. The molecular formula is C28H31N3O3. The number of carbonyl (C=O) groups excluding carboxylic acids is 1. The quantitative estimate of drug-likeness (QED) is 0.206. The summed E-state index contributed by atoms with van der Waals surface area (Å²) in [7, 11) is 0. The van der Waals surface area contributed by atoms with Gasteiger partial charge in [-0.25, -0.2) is 9.97 Å². The van der Waals surface area contributed by atoms with Gasteiger partial charge in [0, 0.05) is 23.8 Å². The van der Waals surface area contributed by atoms with Gasteiger partial charge in [0.15, 0.2) is 5.78 Å². The van der Waals surface area contributed by atoms with E-state index >= 15 is 0 Å². The molecule has 0 aliphatic carbocycles. The summed E-state index contributed by atoms with van der Waals surface area (Å²) in [5.41, 5.74) is 4.55. The third-order valence-electron chi connectivity index (χ3n) is 5.77. The van der Waals surface area contributed by atoms with Gasteiger partial charge in [-0.15, -0.1) is 0 Å². The Labute approximate surface area is 200 Å². The molecule has 4 aromatic rings. The Bertz CT molecular complexity index is 1230. The minimum Gasteiger partial charge on any atom is -0.489 e. The number of aromatic nitrogens is 3. The van der Waals surface area contributed by atoms with Gasteiger partial charge in [-0.05, 0) is 53.8 Å². The molecule has 34 heavy (non-hydrogen) atoms. The van der Waals surface area contributed by atoms with Crippen LogP contribution >= 0.6 is 0 Å². The zero-order chi connectivity index (χ0) is 23.9. The van der Waals surface area contributed by atoms with E-state index in [2.05, 4.69) is 55.0 Å². The Morgan fingerprint density at radius 2 is 1.76 bits per heavy atom. The zero-order valence-electron chi connectivity index (χ0n) is 20.0. The van der Waals surface area contributed by atoms with Crippen molar-refractivity contribution in [3.63, 3.8) is 0 Å². The van der Waals surface area contributed by atoms with Gasteiger partial charge >= 0.3 is 0 Å². The number of hydrogen-bond donors (Lipinski definition) is 0. The monoisotopic (exact) mass is 457 g/mol. The summed E-state index contributed by atoms with van der Waals surface area (Å²) in [4.78, 5) is 21.7. The lowest BCUT2D eigenvalue weighted by molar-refractivity contribution is 0.0800. The first-order valence-electron chi connectivity index (χ1n) is 11.8. The van der Waals surface area contributed by atoms with Crippen LogP contribution in [0.2, 0.25) is 0 Å². The molecule has 2 aromatic heterocycles. The first-order chi connectivity index (χ1) is 16.5. The standard InChI is InChI=1S/C28H31N3O3/c1-4-15-33-19-31-14-13-25-26(29-18-30-28(25)31)16-27(32)23-9-11-24(12-10-23)34-17-21-5-7-22(8-6-21)20(2)3/h5-14,18,20H,4,15-17,19H2,1-3H3. The molecule has 0 amide bonds. The molecule has 0 unspecified atom stereocenters. The highest BCUT2D eigenvalue weighted by molar-refractivity contribution is 5.99. The lowest BCUT2D eigenvalue weighted by atomic mass is 10.0. The van der Waals surface area contributed by atoms with Crippen molar-refractivity contribution in [2.24, 2.45) is 0 Å². The average molecular weight is 458 g/mol. The van der Waals surface area contributed by atoms with Gasteiger partial charge in [-0.3, -0.25) is 4.79 Å².